The third kappa shape index (κ3) is 4.53. The lowest BCUT2D eigenvalue weighted by molar-refractivity contribution is -0.136. The summed E-state index contributed by atoms with van der Waals surface area (Å²) in [5, 5.41) is 25.3. The van der Waals surface area contributed by atoms with Crippen molar-refractivity contribution >= 4 is 42.6 Å². The zero-order valence-electron chi connectivity index (χ0n) is 11.6. The molecule has 0 saturated carbocycles. The number of nitrogens with zero attached hydrogens (tertiary/aromatic N) is 3. The maximum Gasteiger partial charge on any atom is 0.304 e. The molecule has 1 aromatic carbocycles. The van der Waals surface area contributed by atoms with Gasteiger partial charge in [-0.15, -0.1) is 0 Å². The number of aliphatic carboxylic acids is 1. The molecule has 23 heavy (non-hydrogen) atoms. The van der Waals surface area contributed by atoms with Crippen LogP contribution in [-0.4, -0.2) is 46.0 Å². The second kappa shape index (κ2) is 7.74. The maximum absolute atomic E-state index is 13.1. The Morgan fingerprint density at radius 1 is 1.48 bits per heavy atom. The van der Waals surface area contributed by atoms with E-state index in [1.807, 2.05) is 5.48 Å². The van der Waals surface area contributed by atoms with Gasteiger partial charge in [0.05, 0.1) is 12.1 Å². The highest BCUT2D eigenvalue weighted by molar-refractivity contribution is 7.99. The zero-order valence-corrected chi connectivity index (χ0v) is 12.4. The Labute approximate surface area is 135 Å². The number of carboxylic acid groups (broad SMARTS) is 1. The standard InChI is InChI=1S/C12H10BFN4O4S/c13-7-5-6(1-2-8(7)14)15-11(16-21)10-12(18-22-17-10)23-4-3-9(19)20/h1-2,5,21H,3-4H2,(H,15,16)(H,19,20). The molecule has 11 heteroatoms. The second-order valence-electron chi connectivity index (χ2n) is 4.19. The quantitative estimate of drug-likeness (QED) is 0.231. The van der Waals surface area contributed by atoms with E-state index in [0.717, 1.165) is 17.8 Å². The first kappa shape index (κ1) is 17.0. The summed E-state index contributed by atoms with van der Waals surface area (Å²) < 4.78 is 17.7. The van der Waals surface area contributed by atoms with Gasteiger partial charge in [-0.05, 0) is 28.5 Å². The summed E-state index contributed by atoms with van der Waals surface area (Å²) in [6, 6.07) is 3.76. The Balaban J connectivity index is 2.23. The van der Waals surface area contributed by atoms with E-state index in [4.69, 9.17) is 13.0 Å². The lowest BCUT2D eigenvalue weighted by atomic mass is 9.95. The van der Waals surface area contributed by atoms with E-state index in [0.29, 0.717) is 0 Å². The Kier molecular flexibility index (Phi) is 5.71. The van der Waals surface area contributed by atoms with Crippen LogP contribution in [0.15, 0.2) is 32.8 Å². The number of rotatable bonds is 6. The summed E-state index contributed by atoms with van der Waals surface area (Å²) >= 11 is 1.08. The van der Waals surface area contributed by atoms with Gasteiger partial charge in [0, 0.05) is 5.75 Å². The third-order valence-electron chi connectivity index (χ3n) is 2.56. The van der Waals surface area contributed by atoms with Crippen LogP contribution in [0.2, 0.25) is 0 Å². The summed E-state index contributed by atoms with van der Waals surface area (Å²) in [5.41, 5.74) is 2.11. The van der Waals surface area contributed by atoms with Crippen LogP contribution < -0.4 is 10.9 Å². The molecule has 0 unspecified atom stereocenters. The summed E-state index contributed by atoms with van der Waals surface area (Å²) in [6.07, 6.45) is -0.0789. The molecule has 8 nitrogen and oxygen atoms in total. The van der Waals surface area contributed by atoms with Crippen molar-refractivity contribution in [1.82, 2.24) is 15.8 Å². The van der Waals surface area contributed by atoms with Crippen molar-refractivity contribution in [1.29, 1.82) is 0 Å². The minimum atomic E-state index is -0.952. The van der Waals surface area contributed by atoms with Crippen molar-refractivity contribution in [3.8, 4) is 0 Å². The monoisotopic (exact) mass is 336 g/mol. The molecule has 0 saturated heterocycles. The molecular weight excluding hydrogens is 326 g/mol. The number of hydrogen-bond acceptors (Lipinski definition) is 7. The van der Waals surface area contributed by atoms with Gasteiger partial charge in [0.25, 0.3) is 0 Å². The highest BCUT2D eigenvalue weighted by Crippen LogP contribution is 2.21. The normalized spacial score (nSPS) is 11.5. The van der Waals surface area contributed by atoms with Gasteiger partial charge in [-0.2, -0.15) is 0 Å². The van der Waals surface area contributed by atoms with Crippen LogP contribution in [0.25, 0.3) is 0 Å². The molecule has 1 aromatic heterocycles. The van der Waals surface area contributed by atoms with Crippen LogP contribution >= 0.6 is 11.8 Å². The number of halogens is 1. The van der Waals surface area contributed by atoms with E-state index >= 15 is 0 Å². The summed E-state index contributed by atoms with van der Waals surface area (Å²) in [5.74, 6) is -1.41. The van der Waals surface area contributed by atoms with Crippen molar-refractivity contribution in [3.63, 3.8) is 0 Å². The van der Waals surface area contributed by atoms with Gasteiger partial charge in [0.2, 0.25) is 0 Å². The Morgan fingerprint density at radius 3 is 2.91 bits per heavy atom. The van der Waals surface area contributed by atoms with E-state index in [2.05, 4.69) is 19.9 Å². The van der Waals surface area contributed by atoms with Crippen molar-refractivity contribution in [3.05, 3.63) is 29.7 Å². The first-order valence-corrected chi connectivity index (χ1v) is 7.21. The number of hydroxylamine groups is 1. The molecule has 2 radical (unpaired) electrons. The van der Waals surface area contributed by atoms with Crippen molar-refractivity contribution in [2.24, 2.45) is 4.99 Å². The first-order chi connectivity index (χ1) is 11.0. The van der Waals surface area contributed by atoms with Gasteiger partial charge < -0.3 is 5.11 Å². The number of nitrogens with one attached hydrogen (secondary N) is 1. The van der Waals surface area contributed by atoms with E-state index in [1.165, 1.54) is 12.1 Å². The van der Waals surface area contributed by atoms with Gasteiger partial charge in [-0.1, -0.05) is 17.2 Å². The highest BCUT2D eigenvalue weighted by Gasteiger charge is 2.17. The van der Waals surface area contributed by atoms with Gasteiger partial charge in [0.15, 0.2) is 16.6 Å². The van der Waals surface area contributed by atoms with Crippen LogP contribution in [0, 0.1) is 5.82 Å². The van der Waals surface area contributed by atoms with Crippen LogP contribution in [0.3, 0.4) is 0 Å². The third-order valence-corrected chi connectivity index (χ3v) is 3.51. The number of aliphatic imine (C=N–C) groups is 1. The number of aromatic nitrogens is 2. The Morgan fingerprint density at radius 2 is 2.26 bits per heavy atom. The van der Waals surface area contributed by atoms with Gasteiger partial charge >= 0.3 is 5.97 Å². The first-order valence-electron chi connectivity index (χ1n) is 6.22. The average Bonchev–Trinajstić information content (AvgIpc) is 2.96. The van der Waals surface area contributed by atoms with Crippen molar-refractivity contribution in [2.75, 3.05) is 5.75 Å². The van der Waals surface area contributed by atoms with Crippen LogP contribution in [0.1, 0.15) is 12.1 Å². The molecule has 0 amide bonds. The maximum atomic E-state index is 13.1. The zero-order chi connectivity index (χ0) is 16.8. The van der Waals surface area contributed by atoms with Gasteiger partial charge in [0.1, 0.15) is 13.7 Å². The predicted octanol–water partition coefficient (Wildman–Crippen LogP) is 0.626. The van der Waals surface area contributed by atoms with E-state index in [-0.39, 0.29) is 39.9 Å². The highest BCUT2D eigenvalue weighted by atomic mass is 32.2. The Bertz CT molecular complexity index is 740. The fraction of sp³-hybridized carbons (Fsp3) is 0.167. The van der Waals surface area contributed by atoms with E-state index < -0.39 is 11.8 Å². The number of benzene rings is 1. The SMILES string of the molecule is [B]c1cc(N=C(NO)c2nonc2SCCC(=O)O)ccc1F. The fourth-order valence-corrected chi connectivity index (χ4v) is 2.34. The van der Waals surface area contributed by atoms with E-state index in [9.17, 15) is 14.4 Å². The summed E-state index contributed by atoms with van der Waals surface area (Å²) in [7, 11) is 5.45. The molecule has 2 rings (SSSR count). The lowest BCUT2D eigenvalue weighted by Gasteiger charge is -2.04. The van der Waals surface area contributed by atoms with Crippen LogP contribution in [0.5, 0.6) is 0 Å². The number of carbonyl (C=O) groups is 1. The van der Waals surface area contributed by atoms with Crippen molar-refractivity contribution < 1.29 is 24.1 Å². The lowest BCUT2D eigenvalue weighted by Crippen LogP contribution is -2.21. The molecule has 0 aliphatic rings. The number of carboxylic acids is 1. The number of thioether (sulfide) groups is 1. The fourth-order valence-electron chi connectivity index (χ4n) is 1.52. The smallest absolute Gasteiger partial charge is 0.304 e. The molecule has 0 spiro atoms. The minimum Gasteiger partial charge on any atom is -0.481 e. The molecule has 0 aliphatic carbocycles. The molecule has 0 atom stereocenters. The molecule has 0 aliphatic heterocycles. The molecule has 118 valence electrons. The molecule has 3 N–H and O–H groups in total. The van der Waals surface area contributed by atoms with Gasteiger partial charge in [-0.25, -0.2) is 14.0 Å². The van der Waals surface area contributed by atoms with Crippen LogP contribution in [-0.2, 0) is 4.79 Å². The number of hydrogen-bond donors (Lipinski definition) is 3. The van der Waals surface area contributed by atoms with Crippen LogP contribution in [0.4, 0.5) is 10.1 Å². The summed E-state index contributed by atoms with van der Waals surface area (Å²) in [6.45, 7) is 0. The van der Waals surface area contributed by atoms with Crippen molar-refractivity contribution in [2.45, 2.75) is 11.4 Å². The average molecular weight is 336 g/mol. The largest absolute Gasteiger partial charge is 0.481 e. The topological polar surface area (TPSA) is 121 Å². The molecule has 1 heterocycles. The molecule has 2 aromatic rings. The Hall–Kier alpha value is -2.40. The van der Waals surface area contributed by atoms with E-state index in [1.54, 1.807) is 0 Å². The molecule has 0 fully saturated rings. The van der Waals surface area contributed by atoms with Gasteiger partial charge in [-0.3, -0.25) is 15.5 Å². The number of amidine groups is 1. The summed E-state index contributed by atoms with van der Waals surface area (Å²) in [4.78, 5) is 14.6. The predicted molar refractivity (Wildman–Crippen MR) is 80.2 cm³/mol. The second-order valence-corrected chi connectivity index (χ2v) is 5.27. The molecule has 0 bridgehead atoms. The molecular formula is C12H10BFN4O4S. The minimum absolute atomic E-state index is 0.0789.